The highest BCUT2D eigenvalue weighted by Gasteiger charge is 2.23. The molecule has 1 aromatic rings. The zero-order valence-corrected chi connectivity index (χ0v) is 13.0. The molecule has 2 N–H and O–H groups in total. The standard InChI is InChI=1S/C15H20Cl2N2O/c16-13-4-3-12(8-14(13)17)9-15(20)19-7-1-2-11(10-19)5-6-18/h3-4,8,11H,1-2,5-7,9-10,18H2. The van der Waals surface area contributed by atoms with Crippen molar-refractivity contribution in [2.24, 2.45) is 11.7 Å². The van der Waals surface area contributed by atoms with Crippen LogP contribution in [0.3, 0.4) is 0 Å². The fraction of sp³-hybridized carbons (Fsp3) is 0.533. The Balaban J connectivity index is 1.95. The van der Waals surface area contributed by atoms with Gasteiger partial charge in [-0.15, -0.1) is 0 Å². The molecule has 1 amide bonds. The summed E-state index contributed by atoms with van der Waals surface area (Å²) in [5.74, 6) is 0.705. The van der Waals surface area contributed by atoms with Crippen molar-refractivity contribution in [2.45, 2.75) is 25.7 Å². The molecule has 1 saturated heterocycles. The molecular weight excluding hydrogens is 295 g/mol. The Labute approximate surface area is 130 Å². The van der Waals surface area contributed by atoms with E-state index >= 15 is 0 Å². The molecule has 1 heterocycles. The average Bonchev–Trinajstić information content (AvgIpc) is 2.43. The molecule has 1 unspecified atom stereocenters. The van der Waals surface area contributed by atoms with Gasteiger partial charge in [0.25, 0.3) is 0 Å². The van der Waals surface area contributed by atoms with E-state index in [0.29, 0.717) is 28.9 Å². The molecule has 0 spiro atoms. The minimum absolute atomic E-state index is 0.158. The number of likely N-dealkylation sites (tertiary alicyclic amines) is 1. The summed E-state index contributed by atoms with van der Waals surface area (Å²) in [4.78, 5) is 14.3. The lowest BCUT2D eigenvalue weighted by molar-refractivity contribution is -0.132. The van der Waals surface area contributed by atoms with E-state index < -0.39 is 0 Å². The summed E-state index contributed by atoms with van der Waals surface area (Å²) >= 11 is 11.9. The lowest BCUT2D eigenvalue weighted by atomic mass is 9.94. The summed E-state index contributed by atoms with van der Waals surface area (Å²) in [7, 11) is 0. The summed E-state index contributed by atoms with van der Waals surface area (Å²) in [6, 6.07) is 5.36. The molecular formula is C15H20Cl2N2O. The number of nitrogens with zero attached hydrogens (tertiary/aromatic N) is 1. The van der Waals surface area contributed by atoms with E-state index in [2.05, 4.69) is 0 Å². The summed E-state index contributed by atoms with van der Waals surface area (Å²) in [6.45, 7) is 2.37. The summed E-state index contributed by atoms with van der Waals surface area (Å²) in [5.41, 5.74) is 6.51. The van der Waals surface area contributed by atoms with Gasteiger partial charge >= 0.3 is 0 Å². The third-order valence-electron chi connectivity index (χ3n) is 3.79. The maximum absolute atomic E-state index is 12.3. The predicted octanol–water partition coefficient (Wildman–Crippen LogP) is 3.12. The van der Waals surface area contributed by atoms with Gasteiger partial charge in [-0.3, -0.25) is 4.79 Å². The second kappa shape index (κ2) is 7.30. The van der Waals surface area contributed by atoms with Crippen LogP contribution in [0.5, 0.6) is 0 Å². The number of piperidine rings is 1. The highest BCUT2D eigenvalue weighted by molar-refractivity contribution is 6.42. The van der Waals surface area contributed by atoms with Gasteiger partial charge in [0.1, 0.15) is 0 Å². The minimum Gasteiger partial charge on any atom is -0.342 e. The van der Waals surface area contributed by atoms with Crippen LogP contribution in [-0.4, -0.2) is 30.4 Å². The molecule has 1 aromatic carbocycles. The zero-order chi connectivity index (χ0) is 14.5. The second-order valence-corrected chi connectivity index (χ2v) is 6.16. The quantitative estimate of drug-likeness (QED) is 0.928. The third kappa shape index (κ3) is 4.11. The Kier molecular flexibility index (Phi) is 5.70. The fourth-order valence-electron chi connectivity index (χ4n) is 2.70. The van der Waals surface area contributed by atoms with Gasteiger partial charge in [-0.05, 0) is 49.4 Å². The van der Waals surface area contributed by atoms with Crippen molar-refractivity contribution in [3.63, 3.8) is 0 Å². The molecule has 1 fully saturated rings. The average molecular weight is 315 g/mol. The van der Waals surface area contributed by atoms with Crippen molar-refractivity contribution in [1.29, 1.82) is 0 Å². The van der Waals surface area contributed by atoms with Crippen molar-refractivity contribution >= 4 is 29.1 Å². The van der Waals surface area contributed by atoms with Crippen LogP contribution in [-0.2, 0) is 11.2 Å². The first-order valence-electron chi connectivity index (χ1n) is 7.02. The number of hydrogen-bond donors (Lipinski definition) is 1. The van der Waals surface area contributed by atoms with Gasteiger partial charge in [0.2, 0.25) is 5.91 Å². The number of carbonyl (C=O) groups is 1. The van der Waals surface area contributed by atoms with Gasteiger partial charge in [-0.2, -0.15) is 0 Å². The van der Waals surface area contributed by atoms with E-state index in [1.807, 2.05) is 11.0 Å². The maximum atomic E-state index is 12.3. The van der Waals surface area contributed by atoms with Crippen LogP contribution in [0.4, 0.5) is 0 Å². The molecule has 1 atom stereocenters. The smallest absolute Gasteiger partial charge is 0.226 e. The van der Waals surface area contributed by atoms with Crippen LogP contribution < -0.4 is 5.73 Å². The number of nitrogens with two attached hydrogens (primary N) is 1. The summed E-state index contributed by atoms with van der Waals surface area (Å²) in [5, 5.41) is 1.01. The number of amides is 1. The van der Waals surface area contributed by atoms with Crippen LogP contribution in [0, 0.1) is 5.92 Å². The van der Waals surface area contributed by atoms with Crippen molar-refractivity contribution in [3.05, 3.63) is 33.8 Å². The van der Waals surface area contributed by atoms with Crippen molar-refractivity contribution in [2.75, 3.05) is 19.6 Å². The van der Waals surface area contributed by atoms with Gasteiger partial charge in [0.15, 0.2) is 0 Å². The molecule has 2 rings (SSSR count). The molecule has 20 heavy (non-hydrogen) atoms. The van der Waals surface area contributed by atoms with Crippen LogP contribution in [0.15, 0.2) is 18.2 Å². The summed E-state index contributed by atoms with van der Waals surface area (Å²) in [6.07, 6.45) is 3.62. The van der Waals surface area contributed by atoms with Crippen LogP contribution >= 0.6 is 23.2 Å². The highest BCUT2D eigenvalue weighted by Crippen LogP contribution is 2.24. The van der Waals surface area contributed by atoms with Crippen molar-refractivity contribution < 1.29 is 4.79 Å². The largest absolute Gasteiger partial charge is 0.342 e. The SMILES string of the molecule is NCCC1CCCN(C(=O)Cc2ccc(Cl)c(Cl)c2)C1. The first-order valence-corrected chi connectivity index (χ1v) is 7.77. The Hall–Kier alpha value is -0.770. The molecule has 1 aliphatic heterocycles. The van der Waals surface area contributed by atoms with Gasteiger partial charge in [0, 0.05) is 13.1 Å². The first-order chi connectivity index (χ1) is 9.60. The fourth-order valence-corrected chi connectivity index (χ4v) is 3.02. The molecule has 0 bridgehead atoms. The summed E-state index contributed by atoms with van der Waals surface area (Å²) < 4.78 is 0. The van der Waals surface area contributed by atoms with Crippen molar-refractivity contribution in [1.82, 2.24) is 4.90 Å². The van der Waals surface area contributed by atoms with Crippen LogP contribution in [0.2, 0.25) is 10.0 Å². The Morgan fingerprint density at radius 3 is 2.85 bits per heavy atom. The Morgan fingerprint density at radius 2 is 2.15 bits per heavy atom. The second-order valence-electron chi connectivity index (χ2n) is 5.35. The van der Waals surface area contributed by atoms with Crippen LogP contribution in [0.25, 0.3) is 0 Å². The Morgan fingerprint density at radius 1 is 1.35 bits per heavy atom. The molecule has 110 valence electrons. The zero-order valence-electron chi connectivity index (χ0n) is 11.4. The molecule has 0 saturated carbocycles. The molecule has 0 aliphatic carbocycles. The number of carbonyl (C=O) groups excluding carboxylic acids is 1. The van der Waals surface area contributed by atoms with Gasteiger partial charge in [-0.25, -0.2) is 0 Å². The molecule has 1 aliphatic rings. The minimum atomic E-state index is 0.158. The molecule has 0 radical (unpaired) electrons. The monoisotopic (exact) mass is 314 g/mol. The normalized spacial score (nSPS) is 19.1. The highest BCUT2D eigenvalue weighted by atomic mass is 35.5. The maximum Gasteiger partial charge on any atom is 0.226 e. The van der Waals surface area contributed by atoms with E-state index in [-0.39, 0.29) is 5.91 Å². The van der Waals surface area contributed by atoms with E-state index in [4.69, 9.17) is 28.9 Å². The van der Waals surface area contributed by atoms with E-state index in [1.165, 1.54) is 6.42 Å². The van der Waals surface area contributed by atoms with E-state index in [1.54, 1.807) is 12.1 Å². The lowest BCUT2D eigenvalue weighted by Gasteiger charge is -2.32. The van der Waals surface area contributed by atoms with E-state index in [0.717, 1.165) is 31.5 Å². The molecule has 5 heteroatoms. The third-order valence-corrected chi connectivity index (χ3v) is 4.53. The molecule has 3 nitrogen and oxygen atoms in total. The number of halogens is 2. The van der Waals surface area contributed by atoms with Gasteiger partial charge in [0.05, 0.1) is 16.5 Å². The number of benzene rings is 1. The predicted molar refractivity (Wildman–Crippen MR) is 83.1 cm³/mol. The van der Waals surface area contributed by atoms with Crippen LogP contribution in [0.1, 0.15) is 24.8 Å². The number of rotatable bonds is 4. The topological polar surface area (TPSA) is 46.3 Å². The molecule has 0 aromatic heterocycles. The number of hydrogen-bond acceptors (Lipinski definition) is 2. The van der Waals surface area contributed by atoms with Crippen molar-refractivity contribution in [3.8, 4) is 0 Å². The van der Waals surface area contributed by atoms with Gasteiger partial charge in [-0.1, -0.05) is 29.3 Å². The Bertz CT molecular complexity index is 477. The first kappa shape index (κ1) is 15.6. The van der Waals surface area contributed by atoms with Gasteiger partial charge < -0.3 is 10.6 Å². The lowest BCUT2D eigenvalue weighted by Crippen LogP contribution is -2.41. The van der Waals surface area contributed by atoms with E-state index in [9.17, 15) is 4.79 Å².